The Morgan fingerprint density at radius 2 is 1.57 bits per heavy atom. The third-order valence-corrected chi connectivity index (χ3v) is 11.8. The number of carbonyl (C=O) groups excluding carboxylic acids is 1. The highest BCUT2D eigenvalue weighted by Gasteiger charge is 2.58. The second kappa shape index (κ2) is 7.67. The zero-order chi connectivity index (χ0) is 21.5. The summed E-state index contributed by atoms with van der Waals surface area (Å²) in [6.45, 7) is 6.69. The molecule has 158 valence electrons. The third kappa shape index (κ3) is 3.19. The summed E-state index contributed by atoms with van der Waals surface area (Å²) < 4.78 is 7.19. The average molecular weight is 424 g/mol. The predicted molar refractivity (Wildman–Crippen MR) is 119 cm³/mol. The van der Waals surface area contributed by atoms with E-state index in [0.29, 0.717) is 12.8 Å². The van der Waals surface area contributed by atoms with E-state index in [1.165, 1.54) is 15.3 Å². The van der Waals surface area contributed by atoms with Gasteiger partial charge in [0.15, 0.2) is 0 Å². The first kappa shape index (κ1) is 20.8. The summed E-state index contributed by atoms with van der Waals surface area (Å²) in [7, 11) is -2.73. The number of piperidine rings is 1. The van der Waals surface area contributed by atoms with Crippen molar-refractivity contribution in [2.45, 2.75) is 56.8 Å². The first-order valence-electron chi connectivity index (χ1n) is 10.5. The van der Waals surface area contributed by atoms with Gasteiger partial charge in [-0.3, -0.25) is 4.90 Å². The van der Waals surface area contributed by atoms with Gasteiger partial charge in [-0.15, -0.1) is 0 Å². The Balaban J connectivity index is 1.79. The topological polar surface area (TPSA) is 66.8 Å². The van der Waals surface area contributed by atoms with Crippen LogP contribution in [0.4, 0.5) is 4.79 Å². The molecule has 6 heteroatoms. The lowest BCUT2D eigenvalue weighted by Gasteiger charge is -2.47. The van der Waals surface area contributed by atoms with Crippen LogP contribution in [0.2, 0.25) is 5.04 Å². The van der Waals surface area contributed by atoms with E-state index in [4.69, 9.17) is 4.43 Å². The number of aldehydes is 1. The van der Waals surface area contributed by atoms with Crippen molar-refractivity contribution < 1.29 is 19.1 Å². The minimum absolute atomic E-state index is 0.0924. The highest BCUT2D eigenvalue weighted by atomic mass is 28.4. The van der Waals surface area contributed by atoms with Gasteiger partial charge in [-0.05, 0) is 28.3 Å². The van der Waals surface area contributed by atoms with Crippen molar-refractivity contribution in [1.29, 1.82) is 0 Å². The maximum atomic E-state index is 11.8. The first-order chi connectivity index (χ1) is 14.3. The smallest absolute Gasteiger partial charge is 0.408 e. The first-order valence-corrected chi connectivity index (χ1v) is 12.5. The second-order valence-corrected chi connectivity index (χ2v) is 13.7. The molecule has 3 unspecified atom stereocenters. The molecule has 4 atom stereocenters. The Kier molecular flexibility index (Phi) is 5.32. The normalized spacial score (nSPS) is 26.0. The number of fused-ring (bicyclic) bond motifs is 2. The van der Waals surface area contributed by atoms with Gasteiger partial charge in [-0.1, -0.05) is 81.4 Å². The van der Waals surface area contributed by atoms with Crippen LogP contribution >= 0.6 is 0 Å². The number of benzene rings is 2. The number of nitrogens with zero attached hydrogens (tertiary/aromatic N) is 1. The number of carbonyl (C=O) groups is 2. The molecule has 2 aromatic carbocycles. The van der Waals surface area contributed by atoms with Gasteiger partial charge in [0, 0.05) is 12.0 Å². The van der Waals surface area contributed by atoms with Gasteiger partial charge in [-0.2, -0.15) is 0 Å². The number of hydrogen-bond acceptors (Lipinski definition) is 3. The molecule has 2 aromatic rings. The van der Waals surface area contributed by atoms with Crippen LogP contribution in [0, 0.1) is 5.92 Å². The maximum absolute atomic E-state index is 11.8. The Morgan fingerprint density at radius 1 is 1.03 bits per heavy atom. The fraction of sp³-hybridized carbons (Fsp3) is 0.417. The molecular formula is C24H29NO4Si. The van der Waals surface area contributed by atoms with Crippen LogP contribution in [-0.2, 0) is 9.22 Å². The highest BCUT2D eigenvalue weighted by Crippen LogP contribution is 2.47. The second-order valence-electron chi connectivity index (χ2n) is 9.43. The Hall–Kier alpha value is -2.44. The minimum Gasteiger partial charge on any atom is -0.465 e. The summed E-state index contributed by atoms with van der Waals surface area (Å²) in [5.41, 5.74) is 0. The average Bonchev–Trinajstić information content (AvgIpc) is 3.30. The van der Waals surface area contributed by atoms with Gasteiger partial charge in [0.2, 0.25) is 0 Å². The summed E-state index contributed by atoms with van der Waals surface area (Å²) in [4.78, 5) is 24.8. The largest absolute Gasteiger partial charge is 0.465 e. The summed E-state index contributed by atoms with van der Waals surface area (Å²) in [5, 5.41) is 11.8. The van der Waals surface area contributed by atoms with Crippen molar-refractivity contribution in [3.63, 3.8) is 0 Å². The molecule has 2 aliphatic rings. The molecule has 30 heavy (non-hydrogen) atoms. The molecule has 0 aromatic heterocycles. The van der Waals surface area contributed by atoms with Crippen LogP contribution < -0.4 is 10.4 Å². The number of likely N-dealkylation sites (tertiary alicyclic amines) is 1. The molecule has 1 N–H and O–H groups in total. The van der Waals surface area contributed by atoms with E-state index in [-0.39, 0.29) is 23.1 Å². The van der Waals surface area contributed by atoms with Crippen molar-refractivity contribution in [1.82, 2.24) is 4.90 Å². The van der Waals surface area contributed by atoms with Crippen LogP contribution in [0.3, 0.4) is 0 Å². The molecule has 2 bridgehead atoms. The SMILES string of the molecule is CC(C)(C)[Si](O[C@H]1CC2CC1C(C=O)N2C(=O)O)(c1ccccc1)c1ccccc1. The molecule has 1 aliphatic heterocycles. The van der Waals surface area contributed by atoms with Crippen LogP contribution in [0.15, 0.2) is 60.7 Å². The van der Waals surface area contributed by atoms with E-state index in [1.807, 2.05) is 12.1 Å². The van der Waals surface area contributed by atoms with E-state index in [9.17, 15) is 14.7 Å². The minimum atomic E-state index is -2.73. The van der Waals surface area contributed by atoms with Crippen LogP contribution in [-0.4, -0.2) is 48.9 Å². The van der Waals surface area contributed by atoms with E-state index in [2.05, 4.69) is 69.3 Å². The standard InChI is InChI=1S/C24H29NO4Si/c1-24(2,3)30(18-10-6-4-7-11-18,19-12-8-5-9-13-19)29-22-15-17-14-20(22)21(16-26)25(17)23(27)28/h4-13,16-17,20-22H,14-15H2,1-3H3,(H,27,28)/t17?,20?,21?,22-/m0/s1. The monoisotopic (exact) mass is 423 g/mol. The fourth-order valence-electron chi connectivity index (χ4n) is 5.55. The van der Waals surface area contributed by atoms with Gasteiger partial charge in [0.25, 0.3) is 8.32 Å². The lowest BCUT2D eigenvalue weighted by molar-refractivity contribution is -0.114. The van der Waals surface area contributed by atoms with Gasteiger partial charge in [0.1, 0.15) is 6.29 Å². The lowest BCUT2D eigenvalue weighted by atomic mass is 9.97. The molecular weight excluding hydrogens is 394 g/mol. The van der Waals surface area contributed by atoms with Gasteiger partial charge >= 0.3 is 6.09 Å². The molecule has 1 amide bonds. The Labute approximate surface area is 178 Å². The molecule has 1 saturated carbocycles. The van der Waals surface area contributed by atoms with Crippen LogP contribution in [0.5, 0.6) is 0 Å². The van der Waals surface area contributed by atoms with Crippen LogP contribution in [0.25, 0.3) is 0 Å². The van der Waals surface area contributed by atoms with Gasteiger partial charge < -0.3 is 14.3 Å². The van der Waals surface area contributed by atoms with E-state index < -0.39 is 20.5 Å². The summed E-state index contributed by atoms with van der Waals surface area (Å²) in [6, 6.07) is 20.1. The quantitative estimate of drug-likeness (QED) is 0.592. The van der Waals surface area contributed by atoms with E-state index in [1.54, 1.807) is 0 Å². The number of hydrogen-bond donors (Lipinski definition) is 1. The summed E-state index contributed by atoms with van der Waals surface area (Å²) in [6.07, 6.45) is 0.986. The van der Waals surface area contributed by atoms with Gasteiger partial charge in [0.05, 0.1) is 12.1 Å². The Morgan fingerprint density at radius 3 is 2.00 bits per heavy atom. The zero-order valence-corrected chi connectivity index (χ0v) is 18.7. The van der Waals surface area contributed by atoms with Crippen molar-refractivity contribution >= 4 is 31.1 Å². The van der Waals surface area contributed by atoms with Crippen molar-refractivity contribution in [2.24, 2.45) is 5.92 Å². The van der Waals surface area contributed by atoms with Crippen molar-refractivity contribution in [3.05, 3.63) is 60.7 Å². The molecule has 2 fully saturated rings. The summed E-state index contributed by atoms with van der Waals surface area (Å²) in [5.74, 6) is -0.0924. The lowest BCUT2D eigenvalue weighted by Crippen LogP contribution is -2.68. The molecule has 4 rings (SSSR count). The zero-order valence-electron chi connectivity index (χ0n) is 17.7. The van der Waals surface area contributed by atoms with E-state index in [0.717, 1.165) is 6.29 Å². The molecule has 5 nitrogen and oxygen atoms in total. The molecule has 0 radical (unpaired) electrons. The maximum Gasteiger partial charge on any atom is 0.408 e. The highest BCUT2D eigenvalue weighted by molar-refractivity contribution is 6.99. The number of carboxylic acid groups (broad SMARTS) is 1. The third-order valence-electron chi connectivity index (χ3n) is 6.78. The van der Waals surface area contributed by atoms with Crippen LogP contribution in [0.1, 0.15) is 33.6 Å². The molecule has 1 saturated heterocycles. The van der Waals surface area contributed by atoms with E-state index >= 15 is 0 Å². The van der Waals surface area contributed by atoms with Crippen molar-refractivity contribution in [2.75, 3.05) is 0 Å². The number of rotatable bonds is 5. The molecule has 1 aliphatic carbocycles. The van der Waals surface area contributed by atoms with Crippen molar-refractivity contribution in [3.8, 4) is 0 Å². The fourth-order valence-corrected chi connectivity index (χ4v) is 10.3. The summed E-state index contributed by atoms with van der Waals surface area (Å²) >= 11 is 0. The molecule has 0 spiro atoms. The van der Waals surface area contributed by atoms with Gasteiger partial charge in [-0.25, -0.2) is 4.79 Å². The predicted octanol–water partition coefficient (Wildman–Crippen LogP) is 3.27. The Bertz CT molecular complexity index is 872. The molecule has 1 heterocycles. The number of amides is 1.